The van der Waals surface area contributed by atoms with Crippen molar-refractivity contribution >= 4 is 23.0 Å². The number of aromatic nitrogens is 2. The number of hydrogen-bond acceptors (Lipinski definition) is 5. The Bertz CT molecular complexity index is 1160. The van der Waals surface area contributed by atoms with Gasteiger partial charge in [0.15, 0.2) is 5.11 Å². The first-order chi connectivity index (χ1) is 14.8. The highest BCUT2D eigenvalue weighted by molar-refractivity contribution is 7.80. The van der Waals surface area contributed by atoms with Crippen LogP contribution in [0, 0.1) is 24.0 Å². The number of pyridine rings is 1. The molecule has 0 spiro atoms. The second kappa shape index (κ2) is 7.99. The van der Waals surface area contributed by atoms with Crippen molar-refractivity contribution in [1.82, 2.24) is 19.8 Å². The van der Waals surface area contributed by atoms with E-state index < -0.39 is 4.92 Å². The predicted molar refractivity (Wildman–Crippen MR) is 122 cm³/mol. The number of methoxy groups -OCH3 is 1. The summed E-state index contributed by atoms with van der Waals surface area (Å²) in [6, 6.07) is 12.5. The first-order valence-corrected chi connectivity index (χ1v) is 10.2. The van der Waals surface area contributed by atoms with Gasteiger partial charge in [0.2, 0.25) is 0 Å². The number of nitro groups is 1. The third kappa shape index (κ3) is 3.50. The molecule has 160 valence electrons. The summed E-state index contributed by atoms with van der Waals surface area (Å²) in [6.07, 6.45) is 1.78. The maximum atomic E-state index is 11.2. The minimum Gasteiger partial charge on any atom is -0.494 e. The number of nitrogens with zero attached hydrogens (tertiary/aromatic N) is 4. The average molecular weight is 438 g/mol. The van der Waals surface area contributed by atoms with Crippen LogP contribution in [0.4, 0.5) is 5.69 Å². The Kier molecular flexibility index (Phi) is 5.36. The number of ether oxygens (including phenoxy) is 1. The molecule has 0 aliphatic carbocycles. The van der Waals surface area contributed by atoms with E-state index in [2.05, 4.69) is 20.9 Å². The van der Waals surface area contributed by atoms with Crippen LogP contribution in [0.25, 0.3) is 5.69 Å². The maximum absolute atomic E-state index is 11.2. The van der Waals surface area contributed by atoms with Gasteiger partial charge in [-0.05, 0) is 55.9 Å². The molecule has 0 amide bonds. The quantitative estimate of drug-likeness (QED) is 0.367. The van der Waals surface area contributed by atoms with Crippen molar-refractivity contribution in [3.05, 3.63) is 81.4 Å². The second-order valence-corrected chi connectivity index (χ2v) is 7.90. The zero-order chi connectivity index (χ0) is 22.3. The fourth-order valence-electron chi connectivity index (χ4n) is 4.27. The topological polar surface area (TPSA) is 85.5 Å². The van der Waals surface area contributed by atoms with E-state index in [-0.39, 0.29) is 17.8 Å². The molecule has 4 rings (SSSR count). The molecule has 1 aliphatic rings. The number of rotatable bonds is 5. The summed E-state index contributed by atoms with van der Waals surface area (Å²) in [5.41, 5.74) is 4.75. The maximum Gasteiger partial charge on any atom is 0.273 e. The zero-order valence-corrected chi connectivity index (χ0v) is 18.5. The second-order valence-electron chi connectivity index (χ2n) is 7.51. The van der Waals surface area contributed by atoms with E-state index in [0.717, 1.165) is 28.3 Å². The van der Waals surface area contributed by atoms with E-state index in [9.17, 15) is 10.1 Å². The number of hydrogen-bond donors (Lipinski definition) is 1. The van der Waals surface area contributed by atoms with Crippen molar-refractivity contribution in [2.75, 3.05) is 14.2 Å². The number of thiocarbonyl (C=S) groups is 1. The van der Waals surface area contributed by atoms with Crippen LogP contribution in [0.5, 0.6) is 5.75 Å². The Hall–Kier alpha value is -3.46. The summed E-state index contributed by atoms with van der Waals surface area (Å²) in [6.45, 7) is 4.04. The number of nitro benzene ring substituents is 1. The Morgan fingerprint density at radius 1 is 1.23 bits per heavy atom. The van der Waals surface area contributed by atoms with Gasteiger partial charge < -0.3 is 19.5 Å². The van der Waals surface area contributed by atoms with Gasteiger partial charge in [0, 0.05) is 30.7 Å². The normalized spacial score (nSPS) is 18.2. The van der Waals surface area contributed by atoms with Gasteiger partial charge >= 0.3 is 0 Å². The van der Waals surface area contributed by atoms with Gasteiger partial charge in [-0.2, -0.15) is 0 Å². The van der Waals surface area contributed by atoms with E-state index in [1.54, 1.807) is 12.3 Å². The Balaban J connectivity index is 1.83. The SMILES string of the molecule is COc1cc([N+](=O)[O-])ccc1-n1c(C)cc([C@@H]2[C@H](c3ccccn3)NC(=S)N2C)c1C. The van der Waals surface area contributed by atoms with Crippen LogP contribution in [0.3, 0.4) is 0 Å². The van der Waals surface area contributed by atoms with Gasteiger partial charge in [-0.3, -0.25) is 15.1 Å². The van der Waals surface area contributed by atoms with Crippen LogP contribution < -0.4 is 10.1 Å². The van der Waals surface area contributed by atoms with Crippen LogP contribution >= 0.6 is 12.2 Å². The summed E-state index contributed by atoms with van der Waals surface area (Å²) in [5.74, 6) is 0.442. The molecule has 1 N–H and O–H groups in total. The molecule has 1 saturated heterocycles. The van der Waals surface area contributed by atoms with Crippen LogP contribution in [0.2, 0.25) is 0 Å². The highest BCUT2D eigenvalue weighted by Gasteiger charge is 2.39. The summed E-state index contributed by atoms with van der Waals surface area (Å²) in [7, 11) is 3.49. The van der Waals surface area contributed by atoms with Gasteiger partial charge in [-0.1, -0.05) is 6.07 Å². The Morgan fingerprint density at radius 3 is 2.65 bits per heavy atom. The van der Waals surface area contributed by atoms with Gasteiger partial charge in [0.25, 0.3) is 5.69 Å². The molecule has 1 aromatic carbocycles. The Morgan fingerprint density at radius 2 is 2.00 bits per heavy atom. The molecule has 3 heterocycles. The number of nitrogens with one attached hydrogen (secondary N) is 1. The summed E-state index contributed by atoms with van der Waals surface area (Å²) >= 11 is 5.55. The van der Waals surface area contributed by atoms with Gasteiger partial charge in [-0.15, -0.1) is 0 Å². The molecule has 0 bridgehead atoms. The smallest absolute Gasteiger partial charge is 0.273 e. The monoisotopic (exact) mass is 437 g/mol. The van der Waals surface area contributed by atoms with Crippen LogP contribution in [0.15, 0.2) is 48.7 Å². The first-order valence-electron chi connectivity index (χ1n) is 9.79. The highest BCUT2D eigenvalue weighted by atomic mass is 32.1. The van der Waals surface area contributed by atoms with Crippen LogP contribution in [-0.4, -0.2) is 38.6 Å². The highest BCUT2D eigenvalue weighted by Crippen LogP contribution is 2.41. The molecular formula is C22H23N5O3S. The fraction of sp³-hybridized carbons (Fsp3) is 0.273. The number of likely N-dealkylation sites (N-methyl/N-ethyl adjacent to an activating group) is 1. The minimum atomic E-state index is -0.426. The molecule has 2 atom stereocenters. The molecule has 3 aromatic rings. The van der Waals surface area contributed by atoms with Gasteiger partial charge in [-0.25, -0.2) is 0 Å². The number of aryl methyl sites for hydroxylation is 1. The first kappa shape index (κ1) is 20.8. The predicted octanol–water partition coefficient (Wildman–Crippen LogP) is 4.01. The molecule has 0 unspecified atom stereocenters. The van der Waals surface area contributed by atoms with E-state index in [4.69, 9.17) is 17.0 Å². The van der Waals surface area contributed by atoms with Crippen molar-refractivity contribution in [2.24, 2.45) is 0 Å². The van der Waals surface area contributed by atoms with E-state index in [0.29, 0.717) is 10.9 Å². The van der Waals surface area contributed by atoms with E-state index in [1.807, 2.05) is 44.0 Å². The molecule has 0 radical (unpaired) electrons. The average Bonchev–Trinajstić information content (AvgIpc) is 3.22. The standard InChI is InChI=1S/C22H23N5O3S/c1-13-11-16(21-20(24-22(31)25(21)3)17-7-5-6-10-23-17)14(2)26(13)18-9-8-15(27(28)29)12-19(18)30-4/h5-12,20-21H,1-4H3,(H,24,31)/t20-,21+/m0/s1. The lowest BCUT2D eigenvalue weighted by molar-refractivity contribution is -0.384. The van der Waals surface area contributed by atoms with Crippen LogP contribution in [-0.2, 0) is 0 Å². The summed E-state index contributed by atoms with van der Waals surface area (Å²) < 4.78 is 7.54. The molecule has 8 nitrogen and oxygen atoms in total. The molecule has 2 aromatic heterocycles. The van der Waals surface area contributed by atoms with Crippen molar-refractivity contribution in [1.29, 1.82) is 0 Å². The largest absolute Gasteiger partial charge is 0.494 e. The molecular weight excluding hydrogens is 414 g/mol. The molecule has 31 heavy (non-hydrogen) atoms. The molecule has 1 aliphatic heterocycles. The molecule has 0 saturated carbocycles. The lowest BCUT2D eigenvalue weighted by Crippen LogP contribution is -2.25. The van der Waals surface area contributed by atoms with E-state index in [1.165, 1.54) is 19.2 Å². The van der Waals surface area contributed by atoms with Gasteiger partial charge in [0.1, 0.15) is 5.75 Å². The Labute approximate surface area is 185 Å². The lowest BCUT2D eigenvalue weighted by atomic mass is 9.97. The summed E-state index contributed by atoms with van der Waals surface area (Å²) in [5, 5.41) is 15.2. The van der Waals surface area contributed by atoms with Crippen LogP contribution in [0.1, 0.15) is 34.7 Å². The summed E-state index contributed by atoms with van der Waals surface area (Å²) in [4.78, 5) is 17.3. The van der Waals surface area contributed by atoms with Crippen molar-refractivity contribution in [2.45, 2.75) is 25.9 Å². The minimum absolute atomic E-state index is 0.0106. The van der Waals surface area contributed by atoms with Gasteiger partial charge in [0.05, 0.1) is 41.6 Å². The lowest BCUT2D eigenvalue weighted by Gasteiger charge is -2.24. The number of non-ortho nitro benzene ring substituents is 1. The third-order valence-electron chi connectivity index (χ3n) is 5.74. The van der Waals surface area contributed by atoms with Crippen molar-refractivity contribution in [3.63, 3.8) is 0 Å². The number of benzene rings is 1. The molecule has 9 heteroatoms. The van der Waals surface area contributed by atoms with E-state index >= 15 is 0 Å². The molecule has 1 fully saturated rings. The third-order valence-corrected chi connectivity index (χ3v) is 6.15. The van der Waals surface area contributed by atoms with Crippen molar-refractivity contribution in [3.8, 4) is 11.4 Å². The fourth-order valence-corrected chi connectivity index (χ4v) is 4.51. The van der Waals surface area contributed by atoms with Crippen molar-refractivity contribution < 1.29 is 9.66 Å². The zero-order valence-electron chi connectivity index (χ0n) is 17.7.